The maximum atomic E-state index is 4.70. The molecule has 3 nitrogen and oxygen atoms in total. The highest BCUT2D eigenvalue weighted by atomic mass is 35.5. The van der Waals surface area contributed by atoms with Crippen LogP contribution in [0.5, 0.6) is 0 Å². The van der Waals surface area contributed by atoms with Gasteiger partial charge in [0, 0.05) is 23.8 Å². The van der Waals surface area contributed by atoms with Gasteiger partial charge in [-0.2, -0.15) is 0 Å². The zero-order valence-corrected chi connectivity index (χ0v) is 14.6. The molecule has 0 radical (unpaired) electrons. The van der Waals surface area contributed by atoms with Gasteiger partial charge in [-0.15, -0.1) is 12.4 Å². The Balaban J connectivity index is 0.00000156. The average Bonchev–Trinajstić information content (AvgIpc) is 2.83. The lowest BCUT2D eigenvalue weighted by Gasteiger charge is -2.36. The van der Waals surface area contributed by atoms with E-state index in [2.05, 4.69) is 61.0 Å². The van der Waals surface area contributed by atoms with Gasteiger partial charge in [0.25, 0.3) is 0 Å². The lowest BCUT2D eigenvalue weighted by Crippen LogP contribution is -2.34. The van der Waals surface area contributed by atoms with Gasteiger partial charge in [-0.3, -0.25) is 0 Å². The third kappa shape index (κ3) is 2.40. The smallest absolute Gasteiger partial charge is 0.153 e. The summed E-state index contributed by atoms with van der Waals surface area (Å²) in [6.45, 7) is 7.60. The number of anilines is 1. The molecule has 1 N–H and O–H groups in total. The predicted octanol–water partition coefficient (Wildman–Crippen LogP) is 4.73. The first kappa shape index (κ1) is 15.9. The molecule has 0 saturated carbocycles. The van der Waals surface area contributed by atoms with Crippen molar-refractivity contribution in [2.45, 2.75) is 33.2 Å². The highest BCUT2D eigenvalue weighted by Gasteiger charge is 2.26. The van der Waals surface area contributed by atoms with E-state index in [1.165, 1.54) is 33.3 Å². The molecule has 0 bridgehead atoms. The van der Waals surface area contributed by atoms with Crippen LogP contribution in [-0.2, 0) is 6.42 Å². The van der Waals surface area contributed by atoms with Gasteiger partial charge in [0.15, 0.2) is 5.82 Å². The lowest BCUT2D eigenvalue weighted by molar-refractivity contribution is 0.619. The number of fused-ring (bicyclic) bond motifs is 2. The van der Waals surface area contributed by atoms with Crippen molar-refractivity contribution < 1.29 is 0 Å². The number of hydrogen-bond donors (Lipinski definition) is 1. The second-order valence-corrected chi connectivity index (χ2v) is 6.25. The minimum absolute atomic E-state index is 0. The van der Waals surface area contributed by atoms with Gasteiger partial charge in [0.05, 0.1) is 11.6 Å². The van der Waals surface area contributed by atoms with E-state index in [0.717, 1.165) is 18.8 Å². The molecule has 120 valence electrons. The van der Waals surface area contributed by atoms with Crippen molar-refractivity contribution in [2.75, 3.05) is 11.4 Å². The topological polar surface area (TPSA) is 31.9 Å². The van der Waals surface area contributed by atoms with Crippen LogP contribution in [0.1, 0.15) is 35.3 Å². The molecule has 4 heteroatoms. The van der Waals surface area contributed by atoms with Crippen LogP contribution in [0.3, 0.4) is 0 Å². The van der Waals surface area contributed by atoms with Gasteiger partial charge in [-0.25, -0.2) is 4.98 Å². The Kier molecular flexibility index (Phi) is 4.07. The molecule has 2 aromatic heterocycles. The Morgan fingerprint density at radius 3 is 2.78 bits per heavy atom. The number of nitrogens with zero attached hydrogens (tertiary/aromatic N) is 2. The Labute approximate surface area is 143 Å². The largest absolute Gasteiger partial charge is 0.355 e. The number of pyridine rings is 1. The molecule has 0 amide bonds. The minimum atomic E-state index is 0. The number of nitrogens with one attached hydrogen (secondary N) is 1. The summed E-state index contributed by atoms with van der Waals surface area (Å²) in [7, 11) is 0. The first-order valence-corrected chi connectivity index (χ1v) is 7.95. The SMILES string of the molecule is Cc1[nH]c2c(N3CCc4ccccc4C3C)nccc2c1C.Cl. The number of aromatic amines is 1. The number of benzene rings is 1. The third-order valence-electron chi connectivity index (χ3n) is 5.08. The minimum Gasteiger partial charge on any atom is -0.355 e. The molecule has 0 spiro atoms. The van der Waals surface area contributed by atoms with Gasteiger partial charge in [0.2, 0.25) is 0 Å². The Morgan fingerprint density at radius 1 is 1.17 bits per heavy atom. The van der Waals surface area contributed by atoms with E-state index >= 15 is 0 Å². The van der Waals surface area contributed by atoms with Gasteiger partial charge >= 0.3 is 0 Å². The molecule has 1 aliphatic heterocycles. The molecule has 3 heterocycles. The lowest BCUT2D eigenvalue weighted by atomic mass is 9.93. The van der Waals surface area contributed by atoms with Crippen LogP contribution in [0.15, 0.2) is 36.5 Å². The van der Waals surface area contributed by atoms with Crippen molar-refractivity contribution in [1.82, 2.24) is 9.97 Å². The number of halogens is 1. The van der Waals surface area contributed by atoms with E-state index in [1.807, 2.05) is 6.20 Å². The highest BCUT2D eigenvalue weighted by Crippen LogP contribution is 2.36. The van der Waals surface area contributed by atoms with Crippen molar-refractivity contribution in [3.63, 3.8) is 0 Å². The molecule has 3 aromatic rings. The maximum absolute atomic E-state index is 4.70. The van der Waals surface area contributed by atoms with E-state index in [4.69, 9.17) is 4.98 Å². The fourth-order valence-electron chi connectivity index (χ4n) is 3.65. The number of aryl methyl sites for hydroxylation is 2. The normalized spacial score (nSPS) is 17.0. The van der Waals surface area contributed by atoms with Gasteiger partial charge in [0.1, 0.15) is 0 Å². The van der Waals surface area contributed by atoms with Crippen LogP contribution >= 0.6 is 12.4 Å². The molecule has 0 saturated heterocycles. The average molecular weight is 328 g/mol. The Morgan fingerprint density at radius 2 is 1.96 bits per heavy atom. The second kappa shape index (κ2) is 5.89. The first-order valence-electron chi connectivity index (χ1n) is 7.95. The molecule has 1 aromatic carbocycles. The summed E-state index contributed by atoms with van der Waals surface area (Å²) in [6, 6.07) is 11.2. The fraction of sp³-hybridized carbons (Fsp3) is 0.316. The van der Waals surface area contributed by atoms with Crippen LogP contribution in [0, 0.1) is 13.8 Å². The van der Waals surface area contributed by atoms with Crippen LogP contribution in [0.25, 0.3) is 10.9 Å². The molecule has 1 atom stereocenters. The summed E-state index contributed by atoms with van der Waals surface area (Å²) in [5.41, 5.74) is 6.62. The van der Waals surface area contributed by atoms with Crippen LogP contribution in [0.4, 0.5) is 5.82 Å². The van der Waals surface area contributed by atoms with Crippen LogP contribution < -0.4 is 4.90 Å². The predicted molar refractivity (Wildman–Crippen MR) is 98.7 cm³/mol. The summed E-state index contributed by atoms with van der Waals surface area (Å²) < 4.78 is 0. The third-order valence-corrected chi connectivity index (χ3v) is 5.08. The van der Waals surface area contributed by atoms with Crippen molar-refractivity contribution in [3.05, 3.63) is 58.9 Å². The van der Waals surface area contributed by atoms with Crippen molar-refractivity contribution in [2.24, 2.45) is 0 Å². The van der Waals surface area contributed by atoms with Gasteiger partial charge < -0.3 is 9.88 Å². The Bertz CT molecular complexity index is 853. The molecule has 0 aliphatic carbocycles. The van der Waals surface area contributed by atoms with E-state index < -0.39 is 0 Å². The summed E-state index contributed by atoms with van der Waals surface area (Å²) >= 11 is 0. The summed E-state index contributed by atoms with van der Waals surface area (Å²) in [4.78, 5) is 10.7. The number of aromatic nitrogens is 2. The summed E-state index contributed by atoms with van der Waals surface area (Å²) in [5, 5.41) is 1.29. The molecule has 1 unspecified atom stereocenters. The molecule has 23 heavy (non-hydrogen) atoms. The molecule has 0 fully saturated rings. The van der Waals surface area contributed by atoms with Crippen molar-refractivity contribution in [1.29, 1.82) is 0 Å². The Hall–Kier alpha value is -2.00. The first-order chi connectivity index (χ1) is 10.7. The monoisotopic (exact) mass is 327 g/mol. The molecule has 1 aliphatic rings. The molecule has 4 rings (SSSR count). The van der Waals surface area contributed by atoms with Crippen LogP contribution in [-0.4, -0.2) is 16.5 Å². The van der Waals surface area contributed by atoms with Gasteiger partial charge in [-0.05, 0) is 49.9 Å². The highest BCUT2D eigenvalue weighted by molar-refractivity contribution is 5.92. The zero-order chi connectivity index (χ0) is 15.3. The number of rotatable bonds is 1. The zero-order valence-electron chi connectivity index (χ0n) is 13.8. The number of hydrogen-bond acceptors (Lipinski definition) is 2. The fourth-order valence-corrected chi connectivity index (χ4v) is 3.65. The summed E-state index contributed by atoms with van der Waals surface area (Å²) in [6.07, 6.45) is 3.02. The summed E-state index contributed by atoms with van der Waals surface area (Å²) in [5.74, 6) is 1.08. The molecular weight excluding hydrogens is 306 g/mol. The van der Waals surface area contributed by atoms with E-state index in [0.29, 0.717) is 6.04 Å². The molecular formula is C19H22ClN3. The van der Waals surface area contributed by atoms with Crippen molar-refractivity contribution >= 4 is 29.1 Å². The second-order valence-electron chi connectivity index (χ2n) is 6.25. The maximum Gasteiger partial charge on any atom is 0.153 e. The van der Waals surface area contributed by atoms with Crippen molar-refractivity contribution in [3.8, 4) is 0 Å². The van der Waals surface area contributed by atoms with E-state index in [1.54, 1.807) is 0 Å². The van der Waals surface area contributed by atoms with Crippen LogP contribution in [0.2, 0.25) is 0 Å². The van der Waals surface area contributed by atoms with Gasteiger partial charge in [-0.1, -0.05) is 24.3 Å². The quantitative estimate of drug-likeness (QED) is 0.701. The number of H-pyrrole nitrogens is 1. The van der Waals surface area contributed by atoms with E-state index in [9.17, 15) is 0 Å². The standard InChI is InChI=1S/C19H21N3.ClH/c1-12-13(2)21-18-16(12)8-10-20-19(18)22-11-9-15-6-4-5-7-17(15)14(22)3;/h4-8,10,14,21H,9,11H2,1-3H3;1H. The van der Waals surface area contributed by atoms with E-state index in [-0.39, 0.29) is 12.4 Å².